The molecular weight excluding hydrogens is 205 g/mol. The summed E-state index contributed by atoms with van der Waals surface area (Å²) in [6.45, 7) is 0.854. The van der Waals surface area contributed by atoms with E-state index in [9.17, 15) is 9.50 Å². The molecule has 3 atom stereocenters. The molecular formula is C13H18FNO. The third-order valence-electron chi connectivity index (χ3n) is 3.16. The summed E-state index contributed by atoms with van der Waals surface area (Å²) in [6.07, 6.45) is 0.547. The molecule has 1 aromatic rings. The van der Waals surface area contributed by atoms with Crippen LogP contribution in [0.5, 0.6) is 0 Å². The maximum absolute atomic E-state index is 13.6. The first kappa shape index (κ1) is 11.6. The molecule has 0 aromatic heterocycles. The van der Waals surface area contributed by atoms with Gasteiger partial charge >= 0.3 is 0 Å². The standard InChI is InChI=1S/C13H18FNO/c14-11-7-4-8-15-12(11)9-13(16)10-5-2-1-3-6-10/h1-3,5-6,11-13,15-16H,4,7-9H2. The van der Waals surface area contributed by atoms with E-state index >= 15 is 0 Å². The van der Waals surface area contributed by atoms with Crippen molar-refractivity contribution in [1.82, 2.24) is 5.32 Å². The quantitative estimate of drug-likeness (QED) is 0.823. The third-order valence-corrected chi connectivity index (χ3v) is 3.16. The predicted octanol–water partition coefficient (Wildman–Crippen LogP) is 2.20. The zero-order valence-corrected chi connectivity index (χ0v) is 9.27. The van der Waals surface area contributed by atoms with Crippen LogP contribution in [0, 0.1) is 0 Å². The minimum atomic E-state index is -0.827. The third kappa shape index (κ3) is 2.80. The monoisotopic (exact) mass is 223 g/mol. The lowest BCUT2D eigenvalue weighted by Crippen LogP contribution is -2.43. The van der Waals surface area contributed by atoms with E-state index in [0.717, 1.165) is 18.5 Å². The predicted molar refractivity (Wildman–Crippen MR) is 61.9 cm³/mol. The maximum atomic E-state index is 13.6. The highest BCUT2D eigenvalue weighted by Gasteiger charge is 2.26. The van der Waals surface area contributed by atoms with Crippen LogP contribution in [0.3, 0.4) is 0 Å². The van der Waals surface area contributed by atoms with Crippen molar-refractivity contribution in [2.24, 2.45) is 0 Å². The Morgan fingerprint density at radius 2 is 2.12 bits per heavy atom. The first-order valence-electron chi connectivity index (χ1n) is 5.88. The molecule has 3 heteroatoms. The molecule has 0 bridgehead atoms. The molecule has 0 radical (unpaired) electrons. The molecule has 0 saturated carbocycles. The average Bonchev–Trinajstić information content (AvgIpc) is 2.33. The Morgan fingerprint density at radius 3 is 2.81 bits per heavy atom. The second kappa shape index (κ2) is 5.41. The molecule has 2 N–H and O–H groups in total. The number of halogens is 1. The minimum Gasteiger partial charge on any atom is -0.388 e. The summed E-state index contributed by atoms with van der Waals surface area (Å²) in [5.41, 5.74) is 0.863. The second-order valence-corrected chi connectivity index (χ2v) is 4.38. The van der Waals surface area contributed by atoms with Crippen LogP contribution in [-0.2, 0) is 0 Å². The van der Waals surface area contributed by atoms with Crippen LogP contribution in [0.4, 0.5) is 4.39 Å². The fraction of sp³-hybridized carbons (Fsp3) is 0.538. The van der Waals surface area contributed by atoms with Gasteiger partial charge in [0.15, 0.2) is 0 Å². The van der Waals surface area contributed by atoms with E-state index in [2.05, 4.69) is 5.32 Å². The molecule has 2 nitrogen and oxygen atoms in total. The van der Waals surface area contributed by atoms with Gasteiger partial charge in [0, 0.05) is 6.04 Å². The van der Waals surface area contributed by atoms with Crippen molar-refractivity contribution >= 4 is 0 Å². The topological polar surface area (TPSA) is 32.3 Å². The Labute approximate surface area is 95.5 Å². The Bertz CT molecular complexity index is 317. The van der Waals surface area contributed by atoms with Crippen molar-refractivity contribution in [1.29, 1.82) is 0 Å². The van der Waals surface area contributed by atoms with Crippen LogP contribution in [0.25, 0.3) is 0 Å². The Hall–Kier alpha value is -0.930. The van der Waals surface area contributed by atoms with Gasteiger partial charge < -0.3 is 10.4 Å². The molecule has 2 rings (SSSR count). The lowest BCUT2D eigenvalue weighted by molar-refractivity contribution is 0.109. The number of rotatable bonds is 3. The van der Waals surface area contributed by atoms with Gasteiger partial charge in [0.1, 0.15) is 6.17 Å². The van der Waals surface area contributed by atoms with Crippen LogP contribution < -0.4 is 5.32 Å². The van der Waals surface area contributed by atoms with E-state index in [0.29, 0.717) is 12.8 Å². The molecule has 16 heavy (non-hydrogen) atoms. The van der Waals surface area contributed by atoms with E-state index in [1.54, 1.807) is 0 Å². The molecule has 1 heterocycles. The van der Waals surface area contributed by atoms with Gasteiger partial charge in [-0.1, -0.05) is 30.3 Å². The van der Waals surface area contributed by atoms with Crippen molar-refractivity contribution in [2.75, 3.05) is 6.54 Å². The second-order valence-electron chi connectivity index (χ2n) is 4.38. The summed E-state index contributed by atoms with van der Waals surface area (Å²) in [5.74, 6) is 0. The molecule has 1 aliphatic rings. The summed E-state index contributed by atoms with van der Waals surface area (Å²) in [4.78, 5) is 0. The van der Waals surface area contributed by atoms with Gasteiger partial charge in [-0.25, -0.2) is 4.39 Å². The van der Waals surface area contributed by atoms with Gasteiger partial charge in [-0.3, -0.25) is 0 Å². The van der Waals surface area contributed by atoms with Crippen molar-refractivity contribution in [2.45, 2.75) is 37.6 Å². The van der Waals surface area contributed by atoms with Gasteiger partial charge in [0.05, 0.1) is 6.10 Å². The number of nitrogens with one attached hydrogen (secondary N) is 1. The Balaban J connectivity index is 1.94. The highest BCUT2D eigenvalue weighted by molar-refractivity contribution is 5.17. The lowest BCUT2D eigenvalue weighted by atomic mass is 9.94. The first-order chi connectivity index (χ1) is 7.77. The Kier molecular flexibility index (Phi) is 3.91. The highest BCUT2D eigenvalue weighted by Crippen LogP contribution is 2.23. The fourth-order valence-corrected chi connectivity index (χ4v) is 2.20. The molecule has 1 fully saturated rings. The highest BCUT2D eigenvalue weighted by atomic mass is 19.1. The summed E-state index contributed by atoms with van der Waals surface area (Å²) in [6, 6.07) is 9.23. The normalized spacial score (nSPS) is 27.6. The molecule has 0 spiro atoms. The fourth-order valence-electron chi connectivity index (χ4n) is 2.20. The van der Waals surface area contributed by atoms with Crippen molar-refractivity contribution in [3.8, 4) is 0 Å². The number of alkyl halides is 1. The number of hydrogen-bond acceptors (Lipinski definition) is 2. The van der Waals surface area contributed by atoms with E-state index in [4.69, 9.17) is 0 Å². The number of piperidine rings is 1. The van der Waals surface area contributed by atoms with Gasteiger partial charge in [-0.15, -0.1) is 0 Å². The first-order valence-corrected chi connectivity index (χ1v) is 5.88. The van der Waals surface area contributed by atoms with Crippen LogP contribution >= 0.6 is 0 Å². The van der Waals surface area contributed by atoms with Crippen LogP contribution in [-0.4, -0.2) is 23.9 Å². The van der Waals surface area contributed by atoms with Crippen molar-refractivity contribution in [3.05, 3.63) is 35.9 Å². The molecule has 88 valence electrons. The molecule has 0 amide bonds. The van der Waals surface area contributed by atoms with E-state index in [-0.39, 0.29) is 6.04 Å². The van der Waals surface area contributed by atoms with Crippen molar-refractivity contribution in [3.63, 3.8) is 0 Å². The largest absolute Gasteiger partial charge is 0.388 e. The van der Waals surface area contributed by atoms with Crippen LogP contribution in [0.15, 0.2) is 30.3 Å². The van der Waals surface area contributed by atoms with Gasteiger partial charge in [-0.05, 0) is 31.4 Å². The minimum absolute atomic E-state index is 0.205. The number of aliphatic hydroxyl groups excluding tert-OH is 1. The van der Waals surface area contributed by atoms with E-state index < -0.39 is 12.3 Å². The zero-order chi connectivity index (χ0) is 11.4. The van der Waals surface area contributed by atoms with Gasteiger partial charge in [0.2, 0.25) is 0 Å². The zero-order valence-electron chi connectivity index (χ0n) is 9.27. The molecule has 1 aromatic carbocycles. The Morgan fingerprint density at radius 1 is 1.38 bits per heavy atom. The van der Waals surface area contributed by atoms with Gasteiger partial charge in [0.25, 0.3) is 0 Å². The number of hydrogen-bond donors (Lipinski definition) is 2. The van der Waals surface area contributed by atoms with Crippen molar-refractivity contribution < 1.29 is 9.50 Å². The summed E-state index contributed by atoms with van der Waals surface area (Å²) >= 11 is 0. The summed E-state index contributed by atoms with van der Waals surface area (Å²) in [7, 11) is 0. The maximum Gasteiger partial charge on any atom is 0.115 e. The smallest absolute Gasteiger partial charge is 0.115 e. The summed E-state index contributed by atoms with van der Waals surface area (Å²) in [5, 5.41) is 13.1. The molecule has 0 aliphatic carbocycles. The average molecular weight is 223 g/mol. The lowest BCUT2D eigenvalue weighted by Gasteiger charge is -2.29. The molecule has 3 unspecified atom stereocenters. The van der Waals surface area contributed by atoms with Gasteiger partial charge in [-0.2, -0.15) is 0 Å². The molecule has 1 saturated heterocycles. The summed E-state index contributed by atoms with van der Waals surface area (Å²) < 4.78 is 13.6. The number of aliphatic hydroxyl groups is 1. The van der Waals surface area contributed by atoms with E-state index in [1.165, 1.54) is 0 Å². The number of benzene rings is 1. The van der Waals surface area contributed by atoms with E-state index in [1.807, 2.05) is 30.3 Å². The van der Waals surface area contributed by atoms with Crippen LogP contribution in [0.2, 0.25) is 0 Å². The molecule has 1 aliphatic heterocycles. The van der Waals surface area contributed by atoms with Crippen LogP contribution in [0.1, 0.15) is 30.9 Å². The SMILES string of the molecule is OC(CC1NCCCC1F)c1ccccc1.